The molecule has 0 bridgehead atoms. The average molecular weight is 491 g/mol. The van der Waals surface area contributed by atoms with Gasteiger partial charge in [0.05, 0.1) is 19.1 Å². The number of phenols is 1. The van der Waals surface area contributed by atoms with Crippen LogP contribution in [0.15, 0.2) is 18.2 Å². The number of rotatable bonds is 10. The third kappa shape index (κ3) is 9.52. The number of nitrogens with zero attached hydrogens (tertiary/aromatic N) is 2. The van der Waals surface area contributed by atoms with Crippen LogP contribution in [0.5, 0.6) is 5.75 Å². The smallest absolute Gasteiger partial charge is 0.408 e. The second kappa shape index (κ2) is 13.2. The first kappa shape index (κ1) is 29.2. The van der Waals surface area contributed by atoms with Crippen LogP contribution in [-0.2, 0) is 23.9 Å². The number of carbonyl (C=O) groups is 4. The summed E-state index contributed by atoms with van der Waals surface area (Å²) in [6.07, 6.45) is -0.907. The number of aromatic hydroxyl groups is 1. The van der Waals surface area contributed by atoms with E-state index in [1.165, 1.54) is 25.1 Å². The number of esters is 1. The minimum atomic E-state index is -1.27. The number of hydrogen-bond donors (Lipinski definition) is 3. The van der Waals surface area contributed by atoms with E-state index in [0.717, 1.165) is 4.90 Å². The zero-order valence-corrected chi connectivity index (χ0v) is 21.0. The fourth-order valence-electron chi connectivity index (χ4n) is 3.11. The average Bonchev–Trinajstić information content (AvgIpc) is 2.74. The SMILES string of the molecule is CCOC(=O)CCNC(=O)C(c1ccc(O)c(C)c1)N(CC#N)C(=O)C(C)NC(=O)OC(C)(C)C. The van der Waals surface area contributed by atoms with E-state index in [-0.39, 0.29) is 25.3 Å². The number of nitrogens with one attached hydrogen (secondary N) is 2. The van der Waals surface area contributed by atoms with Crippen LogP contribution in [-0.4, -0.2) is 65.2 Å². The number of aryl methyl sites for hydroxylation is 1. The van der Waals surface area contributed by atoms with Crippen molar-refractivity contribution in [1.82, 2.24) is 15.5 Å². The van der Waals surface area contributed by atoms with E-state index in [4.69, 9.17) is 9.47 Å². The highest BCUT2D eigenvalue weighted by Gasteiger charge is 2.35. The predicted octanol–water partition coefficient (Wildman–Crippen LogP) is 2.08. The minimum absolute atomic E-state index is 0.00617. The number of benzene rings is 1. The molecule has 0 spiro atoms. The molecule has 0 radical (unpaired) electrons. The fourth-order valence-corrected chi connectivity index (χ4v) is 3.11. The van der Waals surface area contributed by atoms with E-state index in [1.807, 2.05) is 6.07 Å². The molecule has 1 aromatic rings. The first-order chi connectivity index (χ1) is 16.3. The van der Waals surface area contributed by atoms with E-state index in [2.05, 4.69) is 10.6 Å². The number of alkyl carbamates (subject to hydrolysis) is 1. The quantitative estimate of drug-likeness (QED) is 0.332. The number of ether oxygens (including phenoxy) is 2. The monoisotopic (exact) mass is 490 g/mol. The summed E-state index contributed by atoms with van der Waals surface area (Å²) in [4.78, 5) is 51.3. The molecule has 0 heterocycles. The Morgan fingerprint density at radius 3 is 2.43 bits per heavy atom. The largest absolute Gasteiger partial charge is 0.508 e. The molecule has 192 valence electrons. The van der Waals surface area contributed by atoms with Gasteiger partial charge >= 0.3 is 12.1 Å². The van der Waals surface area contributed by atoms with E-state index in [1.54, 1.807) is 34.6 Å². The summed E-state index contributed by atoms with van der Waals surface area (Å²) in [5.41, 5.74) is 0.00232. The molecule has 0 saturated heterocycles. The molecule has 11 heteroatoms. The Labute approximate surface area is 205 Å². The molecule has 2 unspecified atom stereocenters. The summed E-state index contributed by atoms with van der Waals surface area (Å²) in [7, 11) is 0. The summed E-state index contributed by atoms with van der Waals surface area (Å²) in [6, 6.07) is 3.84. The molecule has 0 saturated carbocycles. The van der Waals surface area contributed by atoms with Gasteiger partial charge in [-0.3, -0.25) is 14.4 Å². The van der Waals surface area contributed by atoms with Gasteiger partial charge in [0.1, 0.15) is 30.0 Å². The predicted molar refractivity (Wildman–Crippen MR) is 126 cm³/mol. The van der Waals surface area contributed by atoms with Gasteiger partial charge in [0.15, 0.2) is 0 Å². The molecule has 0 aliphatic carbocycles. The van der Waals surface area contributed by atoms with Gasteiger partial charge in [-0.2, -0.15) is 5.26 Å². The molecule has 11 nitrogen and oxygen atoms in total. The van der Waals surface area contributed by atoms with Crippen molar-refractivity contribution in [3.05, 3.63) is 29.3 Å². The number of carbonyl (C=O) groups excluding carboxylic acids is 4. The first-order valence-electron chi connectivity index (χ1n) is 11.2. The molecule has 0 aliphatic rings. The topological polar surface area (TPSA) is 158 Å². The Balaban J connectivity index is 3.23. The zero-order chi connectivity index (χ0) is 26.8. The summed E-state index contributed by atoms with van der Waals surface area (Å²) in [5, 5.41) is 24.3. The van der Waals surface area contributed by atoms with Crippen LogP contribution in [0.2, 0.25) is 0 Å². The lowest BCUT2D eigenvalue weighted by atomic mass is 10.0. The molecule has 0 aliphatic heterocycles. The molecule has 0 fully saturated rings. The van der Waals surface area contributed by atoms with Gasteiger partial charge in [-0.15, -0.1) is 0 Å². The van der Waals surface area contributed by atoms with Crippen LogP contribution in [0.1, 0.15) is 58.2 Å². The summed E-state index contributed by atoms with van der Waals surface area (Å²) >= 11 is 0. The number of amides is 3. The van der Waals surface area contributed by atoms with E-state index in [9.17, 15) is 29.5 Å². The van der Waals surface area contributed by atoms with Crippen molar-refractivity contribution >= 4 is 23.9 Å². The van der Waals surface area contributed by atoms with Crippen LogP contribution < -0.4 is 10.6 Å². The van der Waals surface area contributed by atoms with Crippen molar-refractivity contribution < 1.29 is 33.8 Å². The lowest BCUT2D eigenvalue weighted by molar-refractivity contribution is -0.144. The van der Waals surface area contributed by atoms with E-state index in [0.29, 0.717) is 11.1 Å². The van der Waals surface area contributed by atoms with E-state index < -0.39 is 48.1 Å². The van der Waals surface area contributed by atoms with Crippen molar-refractivity contribution in [2.45, 2.75) is 65.6 Å². The molecule has 1 aromatic carbocycles. The number of nitriles is 1. The Morgan fingerprint density at radius 1 is 1.23 bits per heavy atom. The van der Waals surface area contributed by atoms with Crippen molar-refractivity contribution in [2.75, 3.05) is 19.7 Å². The minimum Gasteiger partial charge on any atom is -0.508 e. The Hall–Kier alpha value is -3.81. The first-order valence-corrected chi connectivity index (χ1v) is 11.2. The maximum atomic E-state index is 13.3. The van der Waals surface area contributed by atoms with Gasteiger partial charge in [0.25, 0.3) is 0 Å². The van der Waals surface area contributed by atoms with Crippen LogP contribution in [0.3, 0.4) is 0 Å². The molecular formula is C24H34N4O7. The number of hydrogen-bond acceptors (Lipinski definition) is 8. The molecule has 2 atom stereocenters. The Morgan fingerprint density at radius 2 is 1.89 bits per heavy atom. The molecule has 0 aromatic heterocycles. The lowest BCUT2D eigenvalue weighted by Gasteiger charge is -2.32. The van der Waals surface area contributed by atoms with Crippen LogP contribution in [0.4, 0.5) is 4.79 Å². The lowest BCUT2D eigenvalue weighted by Crippen LogP contribution is -2.52. The highest BCUT2D eigenvalue weighted by Crippen LogP contribution is 2.27. The van der Waals surface area contributed by atoms with Gasteiger partial charge < -0.3 is 30.1 Å². The summed E-state index contributed by atoms with van der Waals surface area (Å²) in [5.74, 6) is -1.85. The van der Waals surface area contributed by atoms with Gasteiger partial charge in [0, 0.05) is 6.54 Å². The summed E-state index contributed by atoms with van der Waals surface area (Å²) < 4.78 is 10.0. The fraction of sp³-hybridized carbons (Fsp3) is 0.542. The standard InChI is InChI=1S/C24H34N4O7/c1-7-34-19(30)10-12-26-21(31)20(17-8-9-18(29)15(2)14-17)28(13-11-25)22(32)16(3)27-23(33)35-24(4,5)6/h8-9,14,16,20,29H,7,10,12-13H2,1-6H3,(H,26,31)(H,27,33). The normalized spacial score (nSPS) is 12.5. The maximum Gasteiger partial charge on any atom is 0.408 e. The number of phenolic OH excluding ortho intramolecular Hbond substituents is 1. The van der Waals surface area contributed by atoms with Crippen molar-refractivity contribution in [2.24, 2.45) is 0 Å². The van der Waals surface area contributed by atoms with Crippen LogP contribution in [0, 0.1) is 18.3 Å². The van der Waals surface area contributed by atoms with Gasteiger partial charge in [-0.25, -0.2) is 4.79 Å². The van der Waals surface area contributed by atoms with Crippen LogP contribution in [0.25, 0.3) is 0 Å². The van der Waals surface area contributed by atoms with Crippen molar-refractivity contribution in [3.63, 3.8) is 0 Å². The van der Waals surface area contributed by atoms with Gasteiger partial charge in [-0.1, -0.05) is 6.07 Å². The van der Waals surface area contributed by atoms with Crippen LogP contribution >= 0.6 is 0 Å². The highest BCUT2D eigenvalue weighted by molar-refractivity contribution is 5.92. The maximum absolute atomic E-state index is 13.3. The zero-order valence-electron chi connectivity index (χ0n) is 21.0. The van der Waals surface area contributed by atoms with Crippen molar-refractivity contribution in [1.29, 1.82) is 5.26 Å². The third-order valence-electron chi connectivity index (χ3n) is 4.66. The third-order valence-corrected chi connectivity index (χ3v) is 4.66. The molecule has 35 heavy (non-hydrogen) atoms. The highest BCUT2D eigenvalue weighted by atomic mass is 16.6. The Bertz CT molecular complexity index is 966. The molecular weight excluding hydrogens is 456 g/mol. The van der Waals surface area contributed by atoms with Gasteiger partial charge in [-0.05, 0) is 64.8 Å². The molecule has 1 rings (SSSR count). The molecule has 3 amide bonds. The van der Waals surface area contributed by atoms with Gasteiger partial charge in [0.2, 0.25) is 11.8 Å². The second-order valence-electron chi connectivity index (χ2n) is 8.79. The molecule has 3 N–H and O–H groups in total. The second-order valence-corrected chi connectivity index (χ2v) is 8.79. The van der Waals surface area contributed by atoms with E-state index >= 15 is 0 Å². The van der Waals surface area contributed by atoms with Crippen molar-refractivity contribution in [3.8, 4) is 11.8 Å². The Kier molecular flexibility index (Phi) is 11.0. The summed E-state index contributed by atoms with van der Waals surface area (Å²) in [6.45, 7) is 9.40.